The first kappa shape index (κ1) is 17.9. The minimum atomic E-state index is 0.343. The predicted octanol–water partition coefficient (Wildman–Crippen LogP) is 5.29. The van der Waals surface area contributed by atoms with Gasteiger partial charge in [0.15, 0.2) is 5.82 Å². The van der Waals surface area contributed by atoms with E-state index in [2.05, 4.69) is 70.5 Å². The fourth-order valence-corrected chi connectivity index (χ4v) is 4.19. The van der Waals surface area contributed by atoms with Gasteiger partial charge in [-0.2, -0.15) is 4.98 Å². The van der Waals surface area contributed by atoms with Crippen LogP contribution >= 0.6 is 0 Å². The predicted molar refractivity (Wildman–Crippen MR) is 115 cm³/mol. The molecule has 146 valence electrons. The summed E-state index contributed by atoms with van der Waals surface area (Å²) in [5.74, 6) is 1.84. The van der Waals surface area contributed by atoms with E-state index in [0.717, 1.165) is 48.6 Å². The van der Waals surface area contributed by atoms with Gasteiger partial charge in [-0.1, -0.05) is 47.1 Å². The van der Waals surface area contributed by atoms with Crippen LogP contribution in [0.5, 0.6) is 0 Å². The van der Waals surface area contributed by atoms with Crippen LogP contribution in [0.25, 0.3) is 22.2 Å². The highest BCUT2D eigenvalue weighted by atomic mass is 16.5. The average molecular weight is 384 g/mol. The number of fused-ring (bicyclic) bond motifs is 1. The fourth-order valence-electron chi connectivity index (χ4n) is 4.19. The van der Waals surface area contributed by atoms with Gasteiger partial charge in [0.2, 0.25) is 5.89 Å². The number of hydrogen-bond donors (Lipinski definition) is 0. The van der Waals surface area contributed by atoms with Crippen LogP contribution < -0.4 is 4.90 Å². The average Bonchev–Trinajstić information content (AvgIpc) is 3.20. The molecule has 0 saturated carbocycles. The van der Waals surface area contributed by atoms with Gasteiger partial charge in [-0.3, -0.25) is 0 Å². The molecule has 5 nitrogen and oxygen atoms in total. The Balaban J connectivity index is 1.51. The van der Waals surface area contributed by atoms with Gasteiger partial charge in [-0.25, -0.2) is 4.98 Å². The summed E-state index contributed by atoms with van der Waals surface area (Å²) in [4.78, 5) is 11.9. The van der Waals surface area contributed by atoms with Crippen molar-refractivity contribution < 1.29 is 4.52 Å². The summed E-state index contributed by atoms with van der Waals surface area (Å²) in [6.45, 7) is 5.94. The molecule has 0 aliphatic carbocycles. The minimum Gasteiger partial charge on any atom is -0.371 e. The number of anilines is 1. The van der Waals surface area contributed by atoms with Crippen molar-refractivity contribution in [2.45, 2.75) is 32.6 Å². The maximum Gasteiger partial charge on any atom is 0.229 e. The van der Waals surface area contributed by atoms with Crippen molar-refractivity contribution in [3.05, 3.63) is 71.9 Å². The molecule has 0 atom stereocenters. The van der Waals surface area contributed by atoms with Gasteiger partial charge < -0.3 is 9.42 Å². The normalized spacial score (nSPS) is 15.2. The standard InChI is InChI=1S/C24H24N4O/c1-16-8-9-21-20(14-16)23(15-22(26-21)18-6-4-3-5-7-18)28-12-10-19(11-13-28)24-25-17(2)27-29-24/h3-9,14-15,19H,10-13H2,1-2H3. The fraction of sp³-hybridized carbons (Fsp3) is 0.292. The topological polar surface area (TPSA) is 55.1 Å². The Morgan fingerprint density at radius 1 is 0.931 bits per heavy atom. The SMILES string of the molecule is Cc1ccc2nc(-c3ccccc3)cc(N3CCC(c4nc(C)no4)CC3)c2c1. The molecule has 0 N–H and O–H groups in total. The lowest BCUT2D eigenvalue weighted by molar-refractivity contribution is 0.327. The van der Waals surface area contributed by atoms with Crippen molar-refractivity contribution in [3.8, 4) is 11.3 Å². The lowest BCUT2D eigenvalue weighted by Crippen LogP contribution is -2.33. The maximum absolute atomic E-state index is 5.42. The van der Waals surface area contributed by atoms with Crippen molar-refractivity contribution in [2.75, 3.05) is 18.0 Å². The van der Waals surface area contributed by atoms with Gasteiger partial charge in [0.1, 0.15) is 0 Å². The first-order valence-corrected chi connectivity index (χ1v) is 10.2. The molecule has 29 heavy (non-hydrogen) atoms. The Bertz CT molecular complexity index is 1140. The van der Waals surface area contributed by atoms with Crippen LogP contribution in [-0.4, -0.2) is 28.2 Å². The third-order valence-electron chi connectivity index (χ3n) is 5.74. The van der Waals surface area contributed by atoms with Crippen LogP contribution in [0.1, 0.15) is 36.0 Å². The molecule has 2 aromatic carbocycles. The zero-order valence-corrected chi connectivity index (χ0v) is 16.8. The molecule has 5 heteroatoms. The molecular weight excluding hydrogens is 360 g/mol. The van der Waals surface area contributed by atoms with Gasteiger partial charge in [0, 0.05) is 35.6 Å². The number of aryl methyl sites for hydroxylation is 2. The Kier molecular flexibility index (Phi) is 4.51. The molecule has 0 unspecified atom stereocenters. The van der Waals surface area contributed by atoms with E-state index in [-0.39, 0.29) is 0 Å². The van der Waals surface area contributed by atoms with Crippen molar-refractivity contribution in [3.63, 3.8) is 0 Å². The molecule has 3 heterocycles. The van der Waals surface area contributed by atoms with Crippen LogP contribution in [-0.2, 0) is 0 Å². The summed E-state index contributed by atoms with van der Waals surface area (Å²) < 4.78 is 5.42. The van der Waals surface area contributed by atoms with Crippen LogP contribution in [0.4, 0.5) is 5.69 Å². The molecule has 0 spiro atoms. The third kappa shape index (κ3) is 3.48. The summed E-state index contributed by atoms with van der Waals surface area (Å²) in [5.41, 5.74) is 5.72. The van der Waals surface area contributed by atoms with E-state index in [4.69, 9.17) is 9.51 Å². The van der Waals surface area contributed by atoms with Gasteiger partial charge in [-0.05, 0) is 44.9 Å². The van der Waals surface area contributed by atoms with E-state index < -0.39 is 0 Å². The molecule has 5 rings (SSSR count). The van der Waals surface area contributed by atoms with Crippen LogP contribution in [0, 0.1) is 13.8 Å². The summed E-state index contributed by atoms with van der Waals surface area (Å²) in [6.07, 6.45) is 2.02. The molecule has 0 bridgehead atoms. The minimum absolute atomic E-state index is 0.343. The summed E-state index contributed by atoms with van der Waals surface area (Å²) in [7, 11) is 0. The lowest BCUT2D eigenvalue weighted by Gasteiger charge is -2.33. The van der Waals surface area contributed by atoms with Crippen molar-refractivity contribution in [2.24, 2.45) is 0 Å². The van der Waals surface area contributed by atoms with Gasteiger partial charge >= 0.3 is 0 Å². The highest BCUT2D eigenvalue weighted by molar-refractivity contribution is 5.94. The Morgan fingerprint density at radius 2 is 1.72 bits per heavy atom. The van der Waals surface area contributed by atoms with Gasteiger partial charge in [0.25, 0.3) is 0 Å². The van der Waals surface area contributed by atoms with E-state index >= 15 is 0 Å². The number of rotatable bonds is 3. The van der Waals surface area contributed by atoms with Crippen molar-refractivity contribution >= 4 is 16.6 Å². The molecule has 2 aromatic heterocycles. The van der Waals surface area contributed by atoms with E-state index in [0.29, 0.717) is 11.7 Å². The van der Waals surface area contributed by atoms with Crippen LogP contribution in [0.2, 0.25) is 0 Å². The number of nitrogens with zero attached hydrogens (tertiary/aromatic N) is 4. The molecule has 1 fully saturated rings. The van der Waals surface area contributed by atoms with Crippen molar-refractivity contribution in [1.82, 2.24) is 15.1 Å². The Labute approximate surface area is 170 Å². The molecule has 0 amide bonds. The number of pyridine rings is 1. The quantitative estimate of drug-likeness (QED) is 0.481. The zero-order valence-electron chi connectivity index (χ0n) is 16.8. The third-order valence-corrected chi connectivity index (χ3v) is 5.74. The molecule has 4 aromatic rings. The van der Waals surface area contributed by atoms with Gasteiger partial charge in [0.05, 0.1) is 11.2 Å². The summed E-state index contributed by atoms with van der Waals surface area (Å²) in [5, 5.41) is 5.18. The number of aromatic nitrogens is 3. The zero-order chi connectivity index (χ0) is 19.8. The highest BCUT2D eigenvalue weighted by Gasteiger charge is 2.26. The first-order chi connectivity index (χ1) is 14.2. The second kappa shape index (κ2) is 7.32. The molecule has 1 aliphatic heterocycles. The number of benzene rings is 2. The largest absolute Gasteiger partial charge is 0.371 e. The molecule has 0 radical (unpaired) electrons. The first-order valence-electron chi connectivity index (χ1n) is 10.2. The monoisotopic (exact) mass is 384 g/mol. The second-order valence-electron chi connectivity index (χ2n) is 7.85. The Morgan fingerprint density at radius 3 is 2.45 bits per heavy atom. The molecular formula is C24H24N4O. The summed E-state index contributed by atoms with van der Waals surface area (Å²) >= 11 is 0. The van der Waals surface area contributed by atoms with E-state index in [1.165, 1.54) is 16.6 Å². The van der Waals surface area contributed by atoms with E-state index in [1.54, 1.807) is 0 Å². The molecule has 1 saturated heterocycles. The van der Waals surface area contributed by atoms with Crippen LogP contribution in [0.15, 0.2) is 59.1 Å². The second-order valence-corrected chi connectivity index (χ2v) is 7.85. The van der Waals surface area contributed by atoms with Crippen molar-refractivity contribution in [1.29, 1.82) is 0 Å². The van der Waals surface area contributed by atoms with E-state index in [9.17, 15) is 0 Å². The summed E-state index contributed by atoms with van der Waals surface area (Å²) in [6, 6.07) is 19.2. The van der Waals surface area contributed by atoms with Crippen LogP contribution in [0.3, 0.4) is 0 Å². The number of piperidine rings is 1. The highest BCUT2D eigenvalue weighted by Crippen LogP contribution is 2.35. The smallest absolute Gasteiger partial charge is 0.229 e. The lowest BCUT2D eigenvalue weighted by atomic mass is 9.95. The Hall–Kier alpha value is -3.21. The maximum atomic E-state index is 5.42. The van der Waals surface area contributed by atoms with E-state index in [1.807, 2.05) is 13.0 Å². The molecule has 1 aliphatic rings. The number of hydrogen-bond acceptors (Lipinski definition) is 5. The van der Waals surface area contributed by atoms with Gasteiger partial charge in [-0.15, -0.1) is 0 Å².